The summed E-state index contributed by atoms with van der Waals surface area (Å²) in [6.07, 6.45) is 4.22. The van der Waals surface area contributed by atoms with Crippen molar-refractivity contribution in [2.75, 3.05) is 33.3 Å². The van der Waals surface area contributed by atoms with Gasteiger partial charge < -0.3 is 9.64 Å². The first-order valence-corrected chi connectivity index (χ1v) is 9.89. The van der Waals surface area contributed by atoms with Crippen molar-refractivity contribution < 1.29 is 17.9 Å². The summed E-state index contributed by atoms with van der Waals surface area (Å²) in [6.45, 7) is 3.52. The second-order valence-electron chi connectivity index (χ2n) is 6.44. The van der Waals surface area contributed by atoms with E-state index >= 15 is 0 Å². The molecule has 0 radical (unpaired) electrons. The number of carbonyl (C=O) groups excluding carboxylic acids is 1. The smallest absolute Gasteiger partial charge is 0.337 e. The minimum atomic E-state index is -3.52. The van der Waals surface area contributed by atoms with Gasteiger partial charge in [-0.2, -0.15) is 4.31 Å². The molecule has 0 spiro atoms. The maximum absolute atomic E-state index is 13.0. The summed E-state index contributed by atoms with van der Waals surface area (Å²) in [5, 5.41) is 0. The number of hydrogen-bond donors (Lipinski definition) is 0. The average molecular weight is 352 g/mol. The zero-order valence-electron chi connectivity index (χ0n) is 14.0. The molecule has 2 aliphatic heterocycles. The van der Waals surface area contributed by atoms with Gasteiger partial charge >= 0.3 is 5.97 Å². The van der Waals surface area contributed by atoms with Crippen LogP contribution in [0.2, 0.25) is 0 Å². The number of nitrogens with zero attached hydrogens (tertiary/aromatic N) is 2. The van der Waals surface area contributed by atoms with Crippen LogP contribution in [0.5, 0.6) is 0 Å². The molecule has 24 heavy (non-hydrogen) atoms. The Kier molecular flexibility index (Phi) is 5.22. The molecule has 0 N–H and O–H groups in total. The van der Waals surface area contributed by atoms with Gasteiger partial charge in [-0.1, -0.05) is 0 Å². The van der Waals surface area contributed by atoms with Crippen LogP contribution >= 0.6 is 0 Å². The van der Waals surface area contributed by atoms with E-state index in [4.69, 9.17) is 0 Å². The van der Waals surface area contributed by atoms with Crippen LogP contribution in [0.15, 0.2) is 29.2 Å². The van der Waals surface area contributed by atoms with E-state index in [1.807, 2.05) is 0 Å². The number of likely N-dealkylation sites (tertiary alicyclic amines) is 1. The molecule has 2 heterocycles. The van der Waals surface area contributed by atoms with Crippen LogP contribution in [-0.4, -0.2) is 62.9 Å². The third-order valence-electron chi connectivity index (χ3n) is 4.87. The molecule has 2 aliphatic rings. The Morgan fingerprint density at radius 1 is 1.12 bits per heavy atom. The van der Waals surface area contributed by atoms with E-state index in [0.717, 1.165) is 32.5 Å². The summed E-state index contributed by atoms with van der Waals surface area (Å²) in [4.78, 5) is 14.1. The first kappa shape index (κ1) is 17.4. The summed E-state index contributed by atoms with van der Waals surface area (Å²) in [5.41, 5.74) is 0.353. The highest BCUT2D eigenvalue weighted by molar-refractivity contribution is 7.89. The van der Waals surface area contributed by atoms with Gasteiger partial charge in [-0.05, 0) is 63.0 Å². The Labute approximate surface area is 143 Å². The normalized spacial score (nSPS) is 22.8. The van der Waals surface area contributed by atoms with Gasteiger partial charge in [-0.15, -0.1) is 0 Å². The Hall–Kier alpha value is -1.44. The molecule has 1 aromatic carbocycles. The number of rotatable bonds is 5. The predicted octanol–water partition coefficient (Wildman–Crippen LogP) is 1.72. The molecule has 0 amide bonds. The molecule has 7 heteroatoms. The van der Waals surface area contributed by atoms with Crippen LogP contribution in [0.1, 0.15) is 36.0 Å². The van der Waals surface area contributed by atoms with Crippen LogP contribution in [0.4, 0.5) is 0 Å². The molecule has 1 atom stereocenters. The molecule has 3 rings (SSSR count). The minimum Gasteiger partial charge on any atom is -0.465 e. The lowest BCUT2D eigenvalue weighted by molar-refractivity contribution is 0.0600. The highest BCUT2D eigenvalue weighted by atomic mass is 32.2. The Morgan fingerprint density at radius 2 is 1.79 bits per heavy atom. The third kappa shape index (κ3) is 3.48. The van der Waals surface area contributed by atoms with Gasteiger partial charge in [0.1, 0.15) is 0 Å². The van der Waals surface area contributed by atoms with Gasteiger partial charge in [0, 0.05) is 19.1 Å². The van der Waals surface area contributed by atoms with Crippen molar-refractivity contribution >= 4 is 16.0 Å². The van der Waals surface area contributed by atoms with Gasteiger partial charge in [0.15, 0.2) is 0 Å². The molecule has 2 fully saturated rings. The van der Waals surface area contributed by atoms with Crippen LogP contribution in [-0.2, 0) is 14.8 Å². The van der Waals surface area contributed by atoms with Crippen LogP contribution < -0.4 is 0 Å². The summed E-state index contributed by atoms with van der Waals surface area (Å²) < 4.78 is 32.2. The second kappa shape index (κ2) is 7.21. The fraction of sp³-hybridized carbons (Fsp3) is 0.588. The fourth-order valence-corrected chi connectivity index (χ4v) is 5.27. The van der Waals surface area contributed by atoms with Gasteiger partial charge in [0.05, 0.1) is 17.6 Å². The van der Waals surface area contributed by atoms with Crippen LogP contribution in [0.25, 0.3) is 0 Å². The number of methoxy groups -OCH3 is 1. The maximum Gasteiger partial charge on any atom is 0.337 e. The van der Waals surface area contributed by atoms with Crippen molar-refractivity contribution in [1.82, 2.24) is 9.21 Å². The van der Waals surface area contributed by atoms with Crippen molar-refractivity contribution in [3.05, 3.63) is 29.8 Å². The molecule has 0 unspecified atom stereocenters. The van der Waals surface area contributed by atoms with Crippen molar-refractivity contribution in [2.45, 2.75) is 36.6 Å². The van der Waals surface area contributed by atoms with E-state index in [9.17, 15) is 13.2 Å². The number of hydrogen-bond acceptors (Lipinski definition) is 5. The highest BCUT2D eigenvalue weighted by Gasteiger charge is 2.36. The van der Waals surface area contributed by atoms with Crippen molar-refractivity contribution in [3.8, 4) is 0 Å². The molecule has 1 aromatic rings. The molecular formula is C17H24N2O4S. The van der Waals surface area contributed by atoms with E-state index in [2.05, 4.69) is 9.64 Å². The maximum atomic E-state index is 13.0. The summed E-state index contributed by atoms with van der Waals surface area (Å²) in [7, 11) is -2.22. The van der Waals surface area contributed by atoms with Crippen LogP contribution in [0, 0.1) is 0 Å². The summed E-state index contributed by atoms with van der Waals surface area (Å²) >= 11 is 0. The summed E-state index contributed by atoms with van der Waals surface area (Å²) in [6, 6.07) is 6.04. The Balaban J connectivity index is 1.76. The van der Waals surface area contributed by atoms with Gasteiger partial charge in [0.25, 0.3) is 0 Å². The number of ether oxygens (including phenoxy) is 1. The molecule has 0 aliphatic carbocycles. The number of sulfonamides is 1. The lowest BCUT2D eigenvalue weighted by Crippen LogP contribution is -2.42. The standard InChI is InChI=1S/C17H24N2O4S/c1-23-17(20)14-6-8-16(9-7-14)24(21,22)19-12-4-5-15(19)13-18-10-2-3-11-18/h6-9,15H,2-5,10-13H2,1H3/t15-/m0/s1. The number of benzene rings is 1. The van der Waals surface area contributed by atoms with Crippen molar-refractivity contribution in [1.29, 1.82) is 0 Å². The second-order valence-corrected chi connectivity index (χ2v) is 8.33. The first-order chi connectivity index (χ1) is 11.5. The zero-order valence-corrected chi connectivity index (χ0v) is 14.8. The topological polar surface area (TPSA) is 66.9 Å². The largest absolute Gasteiger partial charge is 0.465 e. The molecule has 6 nitrogen and oxygen atoms in total. The van der Waals surface area contributed by atoms with Crippen molar-refractivity contribution in [3.63, 3.8) is 0 Å². The first-order valence-electron chi connectivity index (χ1n) is 8.45. The fourth-order valence-electron chi connectivity index (χ4n) is 3.59. The minimum absolute atomic E-state index is 0.0494. The van der Waals surface area contributed by atoms with E-state index in [-0.39, 0.29) is 10.9 Å². The monoisotopic (exact) mass is 352 g/mol. The third-order valence-corrected chi connectivity index (χ3v) is 6.84. The zero-order chi connectivity index (χ0) is 17.2. The predicted molar refractivity (Wildman–Crippen MR) is 90.4 cm³/mol. The quantitative estimate of drug-likeness (QED) is 0.755. The van der Waals surface area contributed by atoms with Gasteiger partial charge in [0.2, 0.25) is 10.0 Å². The lowest BCUT2D eigenvalue weighted by Gasteiger charge is -2.27. The molecule has 2 saturated heterocycles. The number of carbonyl (C=O) groups is 1. The molecular weight excluding hydrogens is 328 g/mol. The van der Waals surface area contributed by atoms with E-state index in [0.29, 0.717) is 12.1 Å². The van der Waals surface area contributed by atoms with Gasteiger partial charge in [-0.3, -0.25) is 0 Å². The van der Waals surface area contributed by atoms with E-state index < -0.39 is 16.0 Å². The molecule has 0 aromatic heterocycles. The molecule has 0 bridgehead atoms. The SMILES string of the molecule is COC(=O)c1ccc(S(=O)(=O)N2CCC[C@H]2CN2CCCC2)cc1. The molecule has 0 saturated carbocycles. The lowest BCUT2D eigenvalue weighted by atomic mass is 10.2. The van der Waals surface area contributed by atoms with Crippen LogP contribution in [0.3, 0.4) is 0 Å². The Morgan fingerprint density at radius 3 is 2.42 bits per heavy atom. The average Bonchev–Trinajstić information content (AvgIpc) is 3.27. The van der Waals surface area contributed by atoms with E-state index in [1.54, 1.807) is 4.31 Å². The van der Waals surface area contributed by atoms with Gasteiger partial charge in [-0.25, -0.2) is 13.2 Å². The Bertz CT molecular complexity index is 681. The highest BCUT2D eigenvalue weighted by Crippen LogP contribution is 2.27. The van der Waals surface area contributed by atoms with E-state index in [1.165, 1.54) is 44.2 Å². The molecule has 132 valence electrons. The summed E-state index contributed by atoms with van der Waals surface area (Å²) in [5.74, 6) is -0.466. The van der Waals surface area contributed by atoms with Crippen molar-refractivity contribution in [2.24, 2.45) is 0 Å². The number of esters is 1.